The lowest BCUT2D eigenvalue weighted by atomic mass is 10.1. The lowest BCUT2D eigenvalue weighted by molar-refractivity contribution is 0.262. The normalized spacial score (nSPS) is 10.2. The molecule has 0 saturated carbocycles. The Bertz CT molecular complexity index is 635. The fourth-order valence-electron chi connectivity index (χ4n) is 1.94. The molecule has 2 amide bonds. The molecule has 0 bridgehead atoms. The van der Waals surface area contributed by atoms with Crippen LogP contribution in [0.4, 0.5) is 20.6 Å². The molecule has 0 radical (unpaired) electrons. The summed E-state index contributed by atoms with van der Waals surface area (Å²) in [6.45, 7) is 3.80. The van der Waals surface area contributed by atoms with Crippen molar-refractivity contribution in [3.8, 4) is 0 Å². The molecular weight excluding hydrogens is 323 g/mol. The number of hydrogen-bond donors (Lipinski definition) is 2. The first kappa shape index (κ1) is 14.5. The molecule has 3 nitrogen and oxygen atoms in total. The van der Waals surface area contributed by atoms with E-state index < -0.39 is 11.8 Å². The number of anilines is 2. The molecule has 2 aromatic carbocycles. The van der Waals surface area contributed by atoms with E-state index in [2.05, 4.69) is 26.6 Å². The second-order valence-electron chi connectivity index (χ2n) is 4.47. The number of halogens is 2. The molecule has 0 heterocycles. The molecule has 0 aliphatic heterocycles. The molecule has 0 unspecified atom stereocenters. The van der Waals surface area contributed by atoms with Crippen LogP contribution in [0.5, 0.6) is 0 Å². The Morgan fingerprint density at radius 3 is 2.30 bits per heavy atom. The van der Waals surface area contributed by atoms with E-state index in [4.69, 9.17) is 0 Å². The Labute approximate surface area is 125 Å². The van der Waals surface area contributed by atoms with Crippen LogP contribution >= 0.6 is 15.9 Å². The molecule has 0 aromatic heterocycles. The van der Waals surface area contributed by atoms with Crippen LogP contribution in [-0.4, -0.2) is 6.03 Å². The first-order valence-corrected chi connectivity index (χ1v) is 6.86. The number of carbonyl (C=O) groups is 1. The van der Waals surface area contributed by atoms with Gasteiger partial charge in [0, 0.05) is 10.2 Å². The second-order valence-corrected chi connectivity index (χ2v) is 5.39. The number of carbonyl (C=O) groups excluding carboxylic acids is 1. The average Bonchev–Trinajstić information content (AvgIpc) is 2.36. The topological polar surface area (TPSA) is 41.1 Å². The van der Waals surface area contributed by atoms with Crippen LogP contribution < -0.4 is 10.6 Å². The summed E-state index contributed by atoms with van der Waals surface area (Å²) >= 11 is 3.40. The predicted octanol–water partition coefficient (Wildman–Crippen LogP) is 4.85. The fourth-order valence-corrected chi connectivity index (χ4v) is 2.62. The Balaban J connectivity index is 2.15. The maximum atomic E-state index is 13.5. The highest BCUT2D eigenvalue weighted by Crippen LogP contribution is 2.25. The van der Waals surface area contributed by atoms with Crippen molar-refractivity contribution in [3.63, 3.8) is 0 Å². The standard InChI is InChI=1S/C15H14BrFN2O/c1-9-7-11(16)8-10(2)14(9)19-15(20)18-13-6-4-3-5-12(13)17/h3-8H,1-2H3,(H2,18,19,20). The highest BCUT2D eigenvalue weighted by atomic mass is 79.9. The number of amides is 2. The van der Waals surface area contributed by atoms with E-state index in [9.17, 15) is 9.18 Å². The lowest BCUT2D eigenvalue weighted by Gasteiger charge is -2.13. The first-order valence-electron chi connectivity index (χ1n) is 6.06. The summed E-state index contributed by atoms with van der Waals surface area (Å²) < 4.78 is 14.4. The van der Waals surface area contributed by atoms with Crippen LogP contribution in [0, 0.1) is 19.7 Å². The Morgan fingerprint density at radius 1 is 1.10 bits per heavy atom. The van der Waals surface area contributed by atoms with Crippen molar-refractivity contribution >= 4 is 33.3 Å². The van der Waals surface area contributed by atoms with E-state index in [1.807, 2.05) is 26.0 Å². The molecule has 0 spiro atoms. The van der Waals surface area contributed by atoms with Crippen molar-refractivity contribution in [2.45, 2.75) is 13.8 Å². The third-order valence-corrected chi connectivity index (χ3v) is 3.32. The minimum atomic E-state index is -0.469. The van der Waals surface area contributed by atoms with Crippen molar-refractivity contribution in [1.82, 2.24) is 0 Å². The predicted molar refractivity (Wildman–Crippen MR) is 82.7 cm³/mol. The molecule has 0 aliphatic rings. The number of benzene rings is 2. The summed E-state index contributed by atoms with van der Waals surface area (Å²) in [6.07, 6.45) is 0. The number of rotatable bonds is 2. The maximum Gasteiger partial charge on any atom is 0.323 e. The quantitative estimate of drug-likeness (QED) is 0.808. The van der Waals surface area contributed by atoms with E-state index in [1.54, 1.807) is 12.1 Å². The monoisotopic (exact) mass is 336 g/mol. The van der Waals surface area contributed by atoms with Crippen LogP contribution in [0.1, 0.15) is 11.1 Å². The van der Waals surface area contributed by atoms with Crippen molar-refractivity contribution in [1.29, 1.82) is 0 Å². The van der Waals surface area contributed by atoms with Gasteiger partial charge in [0.15, 0.2) is 0 Å². The fraction of sp³-hybridized carbons (Fsp3) is 0.133. The van der Waals surface area contributed by atoms with E-state index in [0.29, 0.717) is 0 Å². The molecular formula is C15H14BrFN2O. The van der Waals surface area contributed by atoms with Crippen molar-refractivity contribution < 1.29 is 9.18 Å². The number of urea groups is 1. The number of aryl methyl sites for hydroxylation is 2. The third-order valence-electron chi connectivity index (χ3n) is 2.86. The zero-order valence-electron chi connectivity index (χ0n) is 11.1. The van der Waals surface area contributed by atoms with Gasteiger partial charge in [0.25, 0.3) is 0 Å². The highest BCUT2D eigenvalue weighted by Gasteiger charge is 2.10. The molecule has 2 N–H and O–H groups in total. The summed E-state index contributed by atoms with van der Waals surface area (Å²) in [4.78, 5) is 11.9. The van der Waals surface area contributed by atoms with Crippen LogP contribution in [0.3, 0.4) is 0 Å². The van der Waals surface area contributed by atoms with Crippen molar-refractivity contribution in [2.24, 2.45) is 0 Å². The van der Waals surface area contributed by atoms with Gasteiger partial charge in [0.05, 0.1) is 5.69 Å². The van der Waals surface area contributed by atoms with Gasteiger partial charge >= 0.3 is 6.03 Å². The molecule has 0 saturated heterocycles. The first-order chi connectivity index (χ1) is 9.47. The number of hydrogen-bond acceptors (Lipinski definition) is 1. The Kier molecular flexibility index (Phi) is 4.39. The van der Waals surface area contributed by atoms with Gasteiger partial charge < -0.3 is 10.6 Å². The summed E-state index contributed by atoms with van der Waals surface area (Å²) in [7, 11) is 0. The largest absolute Gasteiger partial charge is 0.323 e. The summed E-state index contributed by atoms with van der Waals surface area (Å²) in [5.41, 5.74) is 2.74. The van der Waals surface area contributed by atoms with Gasteiger partial charge in [-0.25, -0.2) is 9.18 Å². The van der Waals surface area contributed by atoms with Crippen LogP contribution in [-0.2, 0) is 0 Å². The lowest BCUT2D eigenvalue weighted by Crippen LogP contribution is -2.21. The SMILES string of the molecule is Cc1cc(Br)cc(C)c1NC(=O)Nc1ccccc1F. The zero-order chi connectivity index (χ0) is 14.7. The van der Waals surface area contributed by atoms with Gasteiger partial charge in [0.2, 0.25) is 0 Å². The van der Waals surface area contributed by atoms with Crippen LogP contribution in [0.15, 0.2) is 40.9 Å². The molecule has 2 rings (SSSR count). The van der Waals surface area contributed by atoms with E-state index >= 15 is 0 Å². The molecule has 5 heteroatoms. The molecule has 104 valence electrons. The summed E-state index contributed by atoms with van der Waals surface area (Å²) in [5.74, 6) is -0.466. The number of para-hydroxylation sites is 1. The number of nitrogens with one attached hydrogen (secondary N) is 2. The minimum Gasteiger partial charge on any atom is -0.307 e. The molecule has 0 atom stereocenters. The van der Waals surface area contributed by atoms with Gasteiger partial charge in [0.1, 0.15) is 5.82 Å². The highest BCUT2D eigenvalue weighted by molar-refractivity contribution is 9.10. The molecule has 20 heavy (non-hydrogen) atoms. The van der Waals surface area contributed by atoms with Crippen LogP contribution in [0.25, 0.3) is 0 Å². The van der Waals surface area contributed by atoms with Crippen molar-refractivity contribution in [2.75, 3.05) is 10.6 Å². The van der Waals surface area contributed by atoms with E-state index in [1.165, 1.54) is 12.1 Å². The van der Waals surface area contributed by atoms with Gasteiger partial charge in [-0.15, -0.1) is 0 Å². The van der Waals surface area contributed by atoms with Crippen LogP contribution in [0.2, 0.25) is 0 Å². The van der Waals surface area contributed by atoms with Gasteiger partial charge in [-0.1, -0.05) is 28.1 Å². The maximum absolute atomic E-state index is 13.5. The molecule has 2 aromatic rings. The summed E-state index contributed by atoms with van der Waals surface area (Å²) in [5, 5.41) is 5.23. The van der Waals surface area contributed by atoms with Gasteiger partial charge in [-0.2, -0.15) is 0 Å². The third kappa shape index (κ3) is 3.36. The summed E-state index contributed by atoms with van der Waals surface area (Å²) in [6, 6.07) is 9.39. The Hall–Kier alpha value is -1.88. The molecule has 0 aliphatic carbocycles. The van der Waals surface area contributed by atoms with E-state index in [-0.39, 0.29) is 5.69 Å². The van der Waals surface area contributed by atoms with Gasteiger partial charge in [-0.05, 0) is 49.2 Å². The van der Waals surface area contributed by atoms with E-state index in [0.717, 1.165) is 21.3 Å². The minimum absolute atomic E-state index is 0.150. The second kappa shape index (κ2) is 6.05. The Morgan fingerprint density at radius 2 is 1.70 bits per heavy atom. The molecule has 0 fully saturated rings. The smallest absolute Gasteiger partial charge is 0.307 e. The van der Waals surface area contributed by atoms with Gasteiger partial charge in [-0.3, -0.25) is 0 Å². The average molecular weight is 337 g/mol. The zero-order valence-corrected chi connectivity index (χ0v) is 12.7. The van der Waals surface area contributed by atoms with Crippen molar-refractivity contribution in [3.05, 3.63) is 57.8 Å².